The van der Waals surface area contributed by atoms with Gasteiger partial charge in [0.2, 0.25) is 0 Å². The van der Waals surface area contributed by atoms with E-state index >= 15 is 0 Å². The van der Waals surface area contributed by atoms with Gasteiger partial charge >= 0.3 is 18.0 Å². The number of nitrogens with zero attached hydrogens (tertiary/aromatic N) is 3. The van der Waals surface area contributed by atoms with Gasteiger partial charge in [0.25, 0.3) is 5.91 Å². The molecule has 4 rings (SSSR count). The topological polar surface area (TPSA) is 135 Å². The van der Waals surface area contributed by atoms with Gasteiger partial charge in [-0.25, -0.2) is 14.3 Å². The largest absolute Gasteiger partial charge is 0.477 e. The van der Waals surface area contributed by atoms with E-state index in [-0.39, 0.29) is 31.3 Å². The first-order chi connectivity index (χ1) is 16.8. The molecule has 0 unspecified atom stereocenters. The molecule has 3 N–H and O–H groups in total. The lowest BCUT2D eigenvalue weighted by molar-refractivity contribution is -0.163. The third-order valence-electron chi connectivity index (χ3n) is 5.51. The van der Waals surface area contributed by atoms with Crippen LogP contribution in [-0.4, -0.2) is 63.7 Å². The van der Waals surface area contributed by atoms with Crippen molar-refractivity contribution in [3.8, 4) is 11.1 Å². The number of nitrogens with one attached hydrogen (secondary N) is 2. The van der Waals surface area contributed by atoms with Gasteiger partial charge in [0, 0.05) is 12.5 Å². The Kier molecular flexibility index (Phi) is 6.71. The standard InChI is InChI=1S/C23H21F2N5O5/c24-23(25,21(32)33)13-27-20(31)19-11-30(29-28-19)10-9-26-22(34)35-12-18-16-7-3-1-5-14(16)15-6-2-4-8-17(15)18/h1-8,11,18H,9-10,12-13H2,(H,26,34)(H,27,31)(H,32,33). The van der Waals surface area contributed by atoms with E-state index in [0.717, 1.165) is 22.3 Å². The maximum atomic E-state index is 13.1. The number of aromatic nitrogens is 3. The number of ether oxygens (including phenoxy) is 1. The molecule has 182 valence electrons. The highest BCUT2D eigenvalue weighted by Gasteiger charge is 2.39. The Bertz CT molecular complexity index is 1220. The first kappa shape index (κ1) is 23.8. The van der Waals surface area contributed by atoms with Crippen LogP contribution in [0.3, 0.4) is 0 Å². The molecule has 10 nitrogen and oxygen atoms in total. The summed E-state index contributed by atoms with van der Waals surface area (Å²) in [6.45, 7) is -0.972. The molecule has 1 aliphatic rings. The zero-order valence-electron chi connectivity index (χ0n) is 18.3. The average Bonchev–Trinajstić information content (AvgIpc) is 3.44. The van der Waals surface area contributed by atoms with Gasteiger partial charge in [-0.05, 0) is 22.3 Å². The third-order valence-corrected chi connectivity index (χ3v) is 5.51. The smallest absolute Gasteiger partial charge is 0.407 e. The Morgan fingerprint density at radius 1 is 1.03 bits per heavy atom. The van der Waals surface area contributed by atoms with Crippen molar-refractivity contribution < 1.29 is 33.0 Å². The van der Waals surface area contributed by atoms with Crippen molar-refractivity contribution in [1.29, 1.82) is 0 Å². The molecule has 1 aliphatic carbocycles. The molecular formula is C23H21F2N5O5. The highest BCUT2D eigenvalue weighted by Crippen LogP contribution is 2.44. The molecule has 0 saturated heterocycles. The van der Waals surface area contributed by atoms with Crippen LogP contribution in [-0.2, 0) is 16.1 Å². The number of hydrogen-bond donors (Lipinski definition) is 3. The zero-order valence-corrected chi connectivity index (χ0v) is 18.3. The fourth-order valence-electron chi connectivity index (χ4n) is 3.79. The fraction of sp³-hybridized carbons (Fsp3) is 0.261. The van der Waals surface area contributed by atoms with Gasteiger partial charge in [-0.1, -0.05) is 53.7 Å². The summed E-state index contributed by atoms with van der Waals surface area (Å²) in [6, 6.07) is 15.9. The second kappa shape index (κ2) is 9.87. The molecule has 0 atom stereocenters. The quantitative estimate of drug-likeness (QED) is 0.423. The number of amides is 2. The van der Waals surface area contributed by atoms with Crippen LogP contribution in [0.2, 0.25) is 0 Å². The SMILES string of the molecule is O=C(NCCn1cc(C(=O)NCC(F)(F)C(=O)O)nn1)OCC1c2ccccc2-c2ccccc21. The molecule has 0 saturated carbocycles. The van der Waals surface area contributed by atoms with Crippen LogP contribution in [0, 0.1) is 0 Å². The van der Waals surface area contributed by atoms with E-state index in [0.29, 0.717) is 0 Å². The van der Waals surface area contributed by atoms with Crippen LogP contribution in [0.5, 0.6) is 0 Å². The van der Waals surface area contributed by atoms with Gasteiger partial charge in [0.05, 0.1) is 19.3 Å². The molecule has 1 heterocycles. The number of alkyl carbamates (subject to hydrolysis) is 1. The molecule has 2 amide bonds. The Morgan fingerprint density at radius 2 is 1.66 bits per heavy atom. The minimum absolute atomic E-state index is 0.0713. The van der Waals surface area contributed by atoms with Crippen molar-refractivity contribution in [2.75, 3.05) is 19.7 Å². The molecule has 2 aromatic carbocycles. The summed E-state index contributed by atoms with van der Waals surface area (Å²) in [5.41, 5.74) is 4.16. The van der Waals surface area contributed by atoms with E-state index in [1.807, 2.05) is 48.5 Å². The molecular weight excluding hydrogens is 464 g/mol. The maximum absolute atomic E-state index is 13.1. The maximum Gasteiger partial charge on any atom is 0.407 e. The highest BCUT2D eigenvalue weighted by atomic mass is 19.3. The van der Waals surface area contributed by atoms with Gasteiger partial charge in [0.15, 0.2) is 5.69 Å². The summed E-state index contributed by atoms with van der Waals surface area (Å²) in [7, 11) is 0. The van der Waals surface area contributed by atoms with Gasteiger partial charge in [-0.15, -0.1) is 5.10 Å². The van der Waals surface area contributed by atoms with Crippen LogP contribution < -0.4 is 10.6 Å². The summed E-state index contributed by atoms with van der Waals surface area (Å²) in [5.74, 6) is -7.51. The van der Waals surface area contributed by atoms with E-state index in [1.165, 1.54) is 10.9 Å². The number of carbonyl (C=O) groups excluding carboxylic acids is 2. The number of fused-ring (bicyclic) bond motifs is 3. The summed E-state index contributed by atoms with van der Waals surface area (Å²) in [4.78, 5) is 34.5. The number of alkyl halides is 2. The number of carboxylic acid groups (broad SMARTS) is 1. The molecule has 0 fully saturated rings. The first-order valence-corrected chi connectivity index (χ1v) is 10.6. The predicted molar refractivity (Wildman–Crippen MR) is 118 cm³/mol. The molecule has 0 aliphatic heterocycles. The second-order valence-corrected chi connectivity index (χ2v) is 7.81. The Hall–Kier alpha value is -4.35. The van der Waals surface area contributed by atoms with Crippen molar-refractivity contribution in [3.05, 3.63) is 71.5 Å². The lowest BCUT2D eigenvalue weighted by Crippen LogP contribution is -2.42. The lowest BCUT2D eigenvalue weighted by atomic mass is 9.98. The monoisotopic (exact) mass is 485 g/mol. The minimum atomic E-state index is -4.10. The molecule has 35 heavy (non-hydrogen) atoms. The van der Waals surface area contributed by atoms with Crippen LogP contribution in [0.1, 0.15) is 27.5 Å². The number of carboxylic acids is 1. The molecule has 3 aromatic rings. The molecule has 1 aromatic heterocycles. The number of halogens is 2. The van der Waals surface area contributed by atoms with Gasteiger partial charge in [0.1, 0.15) is 6.61 Å². The van der Waals surface area contributed by atoms with Crippen molar-refractivity contribution in [3.63, 3.8) is 0 Å². The van der Waals surface area contributed by atoms with Crippen molar-refractivity contribution in [2.45, 2.75) is 18.4 Å². The molecule has 0 spiro atoms. The van der Waals surface area contributed by atoms with Crippen LogP contribution in [0.25, 0.3) is 11.1 Å². The van der Waals surface area contributed by atoms with Gasteiger partial charge < -0.3 is 20.5 Å². The Labute approximate surface area is 197 Å². The summed E-state index contributed by atoms with van der Waals surface area (Å²) >= 11 is 0. The summed E-state index contributed by atoms with van der Waals surface area (Å²) < 4.78 is 32.8. The number of benzene rings is 2. The van der Waals surface area contributed by atoms with Gasteiger partial charge in [-0.2, -0.15) is 8.78 Å². The van der Waals surface area contributed by atoms with E-state index in [2.05, 4.69) is 15.6 Å². The molecule has 0 radical (unpaired) electrons. The van der Waals surface area contributed by atoms with E-state index < -0.39 is 30.4 Å². The number of aliphatic carboxylic acids is 1. The highest BCUT2D eigenvalue weighted by molar-refractivity contribution is 5.92. The number of carbonyl (C=O) groups is 3. The fourth-order valence-corrected chi connectivity index (χ4v) is 3.79. The molecule has 0 bridgehead atoms. The zero-order chi connectivity index (χ0) is 25.0. The lowest BCUT2D eigenvalue weighted by Gasteiger charge is -2.14. The van der Waals surface area contributed by atoms with Crippen molar-refractivity contribution in [1.82, 2.24) is 25.6 Å². The average molecular weight is 485 g/mol. The third kappa shape index (κ3) is 5.26. The van der Waals surface area contributed by atoms with Crippen molar-refractivity contribution >= 4 is 18.0 Å². The van der Waals surface area contributed by atoms with Crippen LogP contribution >= 0.6 is 0 Å². The first-order valence-electron chi connectivity index (χ1n) is 10.6. The van der Waals surface area contributed by atoms with Crippen molar-refractivity contribution in [2.24, 2.45) is 0 Å². The Morgan fingerprint density at radius 3 is 2.29 bits per heavy atom. The van der Waals surface area contributed by atoms with E-state index in [4.69, 9.17) is 9.84 Å². The van der Waals surface area contributed by atoms with Crippen LogP contribution in [0.4, 0.5) is 13.6 Å². The number of rotatable bonds is 9. The second-order valence-electron chi connectivity index (χ2n) is 7.81. The van der Waals surface area contributed by atoms with Gasteiger partial charge in [-0.3, -0.25) is 4.79 Å². The summed E-state index contributed by atoms with van der Waals surface area (Å²) in [6.07, 6.45) is 0.564. The van der Waals surface area contributed by atoms with Crippen LogP contribution in [0.15, 0.2) is 54.7 Å². The Balaban J connectivity index is 1.24. The minimum Gasteiger partial charge on any atom is -0.477 e. The normalized spacial score (nSPS) is 12.5. The number of hydrogen-bond acceptors (Lipinski definition) is 6. The van der Waals surface area contributed by atoms with E-state index in [1.54, 1.807) is 5.32 Å². The predicted octanol–water partition coefficient (Wildman–Crippen LogP) is 2.27. The molecule has 12 heteroatoms. The summed E-state index contributed by atoms with van der Waals surface area (Å²) in [5, 5.41) is 20.0. The van der Waals surface area contributed by atoms with E-state index in [9.17, 15) is 23.2 Å².